The van der Waals surface area contributed by atoms with Crippen molar-refractivity contribution in [1.29, 1.82) is 0 Å². The molecule has 0 unspecified atom stereocenters. The Morgan fingerprint density at radius 2 is 1.31 bits per heavy atom. The average Bonchev–Trinajstić information content (AvgIpc) is 2.69. The fraction of sp³-hybridized carbons (Fsp3) is 0.556. The maximum Gasteiger partial charge on any atom is 0.225 e. The van der Waals surface area contributed by atoms with Gasteiger partial charge in [0.25, 0.3) is 0 Å². The summed E-state index contributed by atoms with van der Waals surface area (Å²) in [5, 5.41) is 0. The number of anilines is 3. The van der Waals surface area contributed by atoms with Crippen LogP contribution in [0.25, 0.3) is 0 Å². The van der Waals surface area contributed by atoms with Gasteiger partial charge in [0, 0.05) is 57.7 Å². The Hall–Kier alpha value is -1.96. The van der Waals surface area contributed by atoms with E-state index in [0.717, 1.165) is 67.1 Å². The van der Waals surface area contributed by atoms with E-state index in [-0.39, 0.29) is 0 Å². The molecule has 0 spiro atoms. The Morgan fingerprint density at radius 3 is 1.92 bits per heavy atom. The Kier molecular flexibility index (Phi) is 5.19. The first-order valence-corrected chi connectivity index (χ1v) is 10.1. The van der Waals surface area contributed by atoms with Crippen molar-refractivity contribution in [3.05, 3.63) is 28.8 Å². The zero-order chi connectivity index (χ0) is 17.9. The molecule has 2 aliphatic rings. The van der Waals surface area contributed by atoms with Gasteiger partial charge in [0.15, 0.2) is 0 Å². The number of aromatic nitrogens is 4. The summed E-state index contributed by atoms with van der Waals surface area (Å²) in [4.78, 5) is 25.1. The van der Waals surface area contributed by atoms with E-state index >= 15 is 0 Å². The Morgan fingerprint density at radius 1 is 0.769 bits per heavy atom. The van der Waals surface area contributed by atoms with Gasteiger partial charge in [0.2, 0.25) is 5.95 Å². The molecule has 7 nitrogen and oxygen atoms in total. The highest BCUT2D eigenvalue weighted by atomic mass is 79.9. The van der Waals surface area contributed by atoms with Crippen LogP contribution in [0.1, 0.15) is 25.1 Å². The number of aryl methyl sites for hydroxylation is 1. The molecular formula is C18H24BrN7. The fourth-order valence-electron chi connectivity index (χ4n) is 3.59. The maximum absolute atomic E-state index is 4.69. The highest BCUT2D eigenvalue weighted by molar-refractivity contribution is 9.10. The van der Waals surface area contributed by atoms with Gasteiger partial charge in [-0.15, -0.1) is 0 Å². The topological polar surface area (TPSA) is 61.3 Å². The van der Waals surface area contributed by atoms with Gasteiger partial charge in [-0.1, -0.05) is 0 Å². The van der Waals surface area contributed by atoms with E-state index in [2.05, 4.69) is 51.6 Å². The predicted molar refractivity (Wildman–Crippen MR) is 107 cm³/mol. The maximum atomic E-state index is 4.69. The number of piperazine rings is 1. The Balaban J connectivity index is 1.45. The average molecular weight is 418 g/mol. The normalized spacial score (nSPS) is 18.3. The van der Waals surface area contributed by atoms with Crippen molar-refractivity contribution >= 4 is 33.5 Å². The van der Waals surface area contributed by atoms with Crippen LogP contribution in [-0.4, -0.2) is 59.2 Å². The van der Waals surface area contributed by atoms with Gasteiger partial charge in [0.1, 0.15) is 17.5 Å². The molecule has 4 rings (SSSR count). The first-order chi connectivity index (χ1) is 12.7. The molecule has 0 atom stereocenters. The van der Waals surface area contributed by atoms with Crippen molar-refractivity contribution in [3.8, 4) is 0 Å². The van der Waals surface area contributed by atoms with Gasteiger partial charge >= 0.3 is 0 Å². The van der Waals surface area contributed by atoms with Gasteiger partial charge in [-0.2, -0.15) is 0 Å². The molecule has 0 saturated carbocycles. The number of rotatable bonds is 3. The first kappa shape index (κ1) is 17.5. The lowest BCUT2D eigenvalue weighted by atomic mass is 10.1. The molecule has 0 radical (unpaired) electrons. The van der Waals surface area contributed by atoms with Crippen molar-refractivity contribution in [2.24, 2.45) is 0 Å². The van der Waals surface area contributed by atoms with Crippen LogP contribution < -0.4 is 14.7 Å². The molecule has 4 heterocycles. The third-order valence-corrected chi connectivity index (χ3v) is 5.39. The Bertz CT molecular complexity index is 738. The smallest absolute Gasteiger partial charge is 0.225 e. The van der Waals surface area contributed by atoms with Gasteiger partial charge in [-0.3, -0.25) is 0 Å². The van der Waals surface area contributed by atoms with Crippen LogP contribution in [0.4, 0.5) is 17.6 Å². The third kappa shape index (κ3) is 3.90. The van der Waals surface area contributed by atoms with Gasteiger partial charge < -0.3 is 14.7 Å². The summed E-state index contributed by atoms with van der Waals surface area (Å²) in [5.41, 5.74) is 0. The molecule has 0 N–H and O–H groups in total. The minimum atomic E-state index is 0.792. The highest BCUT2D eigenvalue weighted by Gasteiger charge is 2.22. The number of hydrogen-bond donors (Lipinski definition) is 0. The molecule has 0 amide bonds. The van der Waals surface area contributed by atoms with Crippen LogP contribution >= 0.6 is 15.9 Å². The van der Waals surface area contributed by atoms with E-state index in [4.69, 9.17) is 4.98 Å². The largest absolute Gasteiger partial charge is 0.356 e. The summed E-state index contributed by atoms with van der Waals surface area (Å²) < 4.78 is 0.904. The third-order valence-electron chi connectivity index (χ3n) is 4.98. The minimum Gasteiger partial charge on any atom is -0.356 e. The van der Waals surface area contributed by atoms with Crippen molar-refractivity contribution in [1.82, 2.24) is 19.9 Å². The van der Waals surface area contributed by atoms with E-state index in [0.29, 0.717) is 0 Å². The summed E-state index contributed by atoms with van der Waals surface area (Å²) >= 11 is 3.39. The van der Waals surface area contributed by atoms with Crippen LogP contribution in [0.2, 0.25) is 0 Å². The quantitative estimate of drug-likeness (QED) is 0.760. The molecule has 26 heavy (non-hydrogen) atoms. The number of hydrogen-bond acceptors (Lipinski definition) is 7. The second-order valence-electron chi connectivity index (χ2n) is 6.85. The zero-order valence-electron chi connectivity index (χ0n) is 15.1. The summed E-state index contributed by atoms with van der Waals surface area (Å²) in [5.74, 6) is 3.75. The van der Waals surface area contributed by atoms with Crippen LogP contribution in [0, 0.1) is 6.92 Å². The summed E-state index contributed by atoms with van der Waals surface area (Å²) in [7, 11) is 0. The minimum absolute atomic E-state index is 0.792. The van der Waals surface area contributed by atoms with E-state index in [9.17, 15) is 0 Å². The van der Waals surface area contributed by atoms with Crippen LogP contribution in [0.15, 0.2) is 22.9 Å². The monoisotopic (exact) mass is 417 g/mol. The molecule has 0 aromatic carbocycles. The highest BCUT2D eigenvalue weighted by Crippen LogP contribution is 2.24. The molecule has 0 aliphatic carbocycles. The number of halogens is 1. The SMILES string of the molecule is Cc1nc(N2CCCCC2)cc(N2CCN(c3ncc(Br)cn3)CC2)n1. The van der Waals surface area contributed by atoms with E-state index in [1.54, 1.807) is 12.4 Å². The number of nitrogens with zero attached hydrogens (tertiary/aromatic N) is 7. The molecular weight excluding hydrogens is 394 g/mol. The summed E-state index contributed by atoms with van der Waals surface area (Å²) in [6, 6.07) is 2.16. The van der Waals surface area contributed by atoms with Crippen LogP contribution in [0.5, 0.6) is 0 Å². The molecule has 138 valence electrons. The zero-order valence-corrected chi connectivity index (χ0v) is 16.7. The van der Waals surface area contributed by atoms with E-state index < -0.39 is 0 Å². The summed E-state index contributed by atoms with van der Waals surface area (Å²) in [6.45, 7) is 7.80. The van der Waals surface area contributed by atoms with Crippen molar-refractivity contribution < 1.29 is 0 Å². The second-order valence-corrected chi connectivity index (χ2v) is 7.77. The van der Waals surface area contributed by atoms with Crippen molar-refractivity contribution in [2.45, 2.75) is 26.2 Å². The van der Waals surface area contributed by atoms with E-state index in [1.807, 2.05) is 6.92 Å². The van der Waals surface area contributed by atoms with Crippen molar-refractivity contribution in [3.63, 3.8) is 0 Å². The fourth-order valence-corrected chi connectivity index (χ4v) is 3.79. The van der Waals surface area contributed by atoms with Crippen molar-refractivity contribution in [2.75, 3.05) is 54.0 Å². The molecule has 2 aromatic rings. The molecule has 8 heteroatoms. The molecule has 2 saturated heterocycles. The van der Waals surface area contributed by atoms with E-state index in [1.165, 1.54) is 19.3 Å². The van der Waals surface area contributed by atoms with Gasteiger partial charge in [-0.25, -0.2) is 19.9 Å². The summed E-state index contributed by atoms with van der Waals surface area (Å²) in [6.07, 6.45) is 7.43. The molecule has 2 aromatic heterocycles. The lowest BCUT2D eigenvalue weighted by Gasteiger charge is -2.36. The Labute approximate surface area is 162 Å². The lowest BCUT2D eigenvalue weighted by Crippen LogP contribution is -2.47. The van der Waals surface area contributed by atoms with Gasteiger partial charge in [-0.05, 0) is 42.1 Å². The predicted octanol–water partition coefficient (Wildman–Crippen LogP) is 2.65. The van der Waals surface area contributed by atoms with Gasteiger partial charge in [0.05, 0.1) is 4.47 Å². The van der Waals surface area contributed by atoms with Crippen LogP contribution in [-0.2, 0) is 0 Å². The molecule has 2 fully saturated rings. The second kappa shape index (κ2) is 7.73. The van der Waals surface area contributed by atoms with Crippen LogP contribution in [0.3, 0.4) is 0 Å². The molecule has 2 aliphatic heterocycles. The first-order valence-electron chi connectivity index (χ1n) is 9.27. The number of piperidine rings is 1. The molecule has 0 bridgehead atoms. The standard InChI is InChI=1S/C18H24BrN7/c1-14-22-16(24-5-3-2-4-6-24)11-17(23-14)25-7-9-26(10-8-25)18-20-12-15(19)13-21-18/h11-13H,2-10H2,1H3. The lowest BCUT2D eigenvalue weighted by molar-refractivity contribution is 0.571.